The Morgan fingerprint density at radius 1 is 1.25 bits per heavy atom. The Labute approximate surface area is 144 Å². The fraction of sp³-hybridized carbons (Fsp3) is 0.278. The topological polar surface area (TPSA) is 70.4 Å². The molecule has 0 bridgehead atoms. The van der Waals surface area contributed by atoms with Gasteiger partial charge in [0.1, 0.15) is 16.9 Å². The lowest BCUT2D eigenvalue weighted by molar-refractivity contribution is 0.474. The van der Waals surface area contributed by atoms with Crippen LogP contribution in [0.25, 0.3) is 10.2 Å². The van der Waals surface area contributed by atoms with Gasteiger partial charge in [0.2, 0.25) is 0 Å². The Balaban J connectivity index is 1.65. The molecule has 4 rings (SSSR count). The van der Waals surface area contributed by atoms with Gasteiger partial charge in [0.05, 0.1) is 11.6 Å². The van der Waals surface area contributed by atoms with Crippen LogP contribution in [0.4, 0.5) is 5.82 Å². The minimum atomic E-state index is 0.223. The van der Waals surface area contributed by atoms with Crippen LogP contribution < -0.4 is 5.43 Å². The number of aromatic hydroxyl groups is 1. The van der Waals surface area contributed by atoms with Crippen LogP contribution in [-0.2, 0) is 12.8 Å². The van der Waals surface area contributed by atoms with Gasteiger partial charge < -0.3 is 5.11 Å². The molecule has 0 unspecified atom stereocenters. The third-order valence-corrected chi connectivity index (χ3v) is 5.51. The molecule has 5 nitrogen and oxygen atoms in total. The van der Waals surface area contributed by atoms with Gasteiger partial charge in [-0.2, -0.15) is 5.10 Å². The summed E-state index contributed by atoms with van der Waals surface area (Å²) in [5, 5.41) is 15.3. The highest BCUT2D eigenvalue weighted by molar-refractivity contribution is 7.19. The molecule has 122 valence electrons. The molecule has 1 aliphatic carbocycles. The maximum Gasteiger partial charge on any atom is 0.158 e. The molecule has 0 radical (unpaired) electrons. The van der Waals surface area contributed by atoms with Crippen LogP contribution in [0.1, 0.15) is 34.4 Å². The molecule has 24 heavy (non-hydrogen) atoms. The molecule has 2 N–H and O–H groups in total. The number of fused-ring (bicyclic) bond motifs is 3. The fourth-order valence-corrected chi connectivity index (χ4v) is 4.33. The second-order valence-electron chi connectivity index (χ2n) is 6.05. The van der Waals surface area contributed by atoms with E-state index in [0.29, 0.717) is 5.56 Å². The Bertz CT molecular complexity index is 932. The second kappa shape index (κ2) is 6.20. The first-order valence-corrected chi connectivity index (χ1v) is 8.88. The number of thiophene rings is 1. The highest BCUT2D eigenvalue weighted by Gasteiger charge is 2.19. The number of benzene rings is 1. The summed E-state index contributed by atoms with van der Waals surface area (Å²) in [6.45, 7) is 1.94. The smallest absolute Gasteiger partial charge is 0.158 e. The second-order valence-corrected chi connectivity index (χ2v) is 7.13. The Morgan fingerprint density at radius 2 is 2.12 bits per heavy atom. The predicted octanol–water partition coefficient (Wildman–Crippen LogP) is 4.03. The standard InChI is InChI=1S/C18H18N4OS/c1-11-6-7-12(14(23)8-11)9-21-22-17-16-13-4-2-3-5-15(13)24-18(16)20-10-19-17/h6-10,23H,2-5H2,1H3,(H,19,20,22)/b21-9-. The Kier molecular flexibility index (Phi) is 3.90. The highest BCUT2D eigenvalue weighted by Crippen LogP contribution is 2.38. The number of hydrogen-bond donors (Lipinski definition) is 2. The molecular formula is C18H18N4OS. The van der Waals surface area contributed by atoms with E-state index in [1.165, 1.54) is 23.3 Å². The monoisotopic (exact) mass is 338 g/mol. The highest BCUT2D eigenvalue weighted by atomic mass is 32.1. The molecule has 2 heterocycles. The van der Waals surface area contributed by atoms with Crippen LogP contribution in [0.15, 0.2) is 29.6 Å². The zero-order valence-electron chi connectivity index (χ0n) is 13.4. The van der Waals surface area contributed by atoms with Crippen molar-refractivity contribution in [3.8, 4) is 5.75 Å². The van der Waals surface area contributed by atoms with E-state index in [1.54, 1.807) is 29.9 Å². The maximum atomic E-state index is 9.94. The van der Waals surface area contributed by atoms with Crippen molar-refractivity contribution in [3.63, 3.8) is 0 Å². The average molecular weight is 338 g/mol. The van der Waals surface area contributed by atoms with Crippen LogP contribution in [0, 0.1) is 6.92 Å². The molecular weight excluding hydrogens is 320 g/mol. The van der Waals surface area contributed by atoms with Crippen molar-refractivity contribution in [2.75, 3.05) is 5.43 Å². The third kappa shape index (κ3) is 2.73. The van der Waals surface area contributed by atoms with Crippen molar-refractivity contribution in [1.82, 2.24) is 9.97 Å². The number of rotatable bonds is 3. The lowest BCUT2D eigenvalue weighted by Crippen LogP contribution is -2.01. The van der Waals surface area contributed by atoms with Crippen LogP contribution >= 0.6 is 11.3 Å². The quantitative estimate of drug-likeness (QED) is 0.559. The number of hydrazone groups is 1. The first-order chi connectivity index (χ1) is 11.7. The number of aryl methyl sites for hydroxylation is 3. The summed E-state index contributed by atoms with van der Waals surface area (Å²) in [6, 6.07) is 5.51. The van der Waals surface area contributed by atoms with Gasteiger partial charge >= 0.3 is 0 Å². The average Bonchev–Trinajstić information content (AvgIpc) is 2.96. The molecule has 2 aromatic heterocycles. The van der Waals surface area contributed by atoms with E-state index in [-0.39, 0.29) is 5.75 Å². The number of anilines is 1. The van der Waals surface area contributed by atoms with Crippen LogP contribution in [0.5, 0.6) is 5.75 Å². The number of phenolic OH excluding ortho intramolecular Hbond substituents is 1. The SMILES string of the molecule is Cc1ccc(/C=N\Nc2ncnc3sc4c(c23)CCCC4)c(O)c1. The zero-order valence-corrected chi connectivity index (χ0v) is 14.2. The summed E-state index contributed by atoms with van der Waals surface area (Å²) in [7, 11) is 0. The fourth-order valence-electron chi connectivity index (χ4n) is 3.10. The lowest BCUT2D eigenvalue weighted by atomic mass is 9.97. The van der Waals surface area contributed by atoms with E-state index in [4.69, 9.17) is 0 Å². The van der Waals surface area contributed by atoms with Crippen LogP contribution in [0.3, 0.4) is 0 Å². The van der Waals surface area contributed by atoms with Gasteiger partial charge in [-0.15, -0.1) is 11.3 Å². The third-order valence-electron chi connectivity index (χ3n) is 4.31. The summed E-state index contributed by atoms with van der Waals surface area (Å²) < 4.78 is 0. The van der Waals surface area contributed by atoms with Crippen molar-refractivity contribution < 1.29 is 5.11 Å². The van der Waals surface area contributed by atoms with Crippen molar-refractivity contribution in [3.05, 3.63) is 46.1 Å². The number of phenols is 1. The van der Waals surface area contributed by atoms with Gasteiger partial charge in [-0.05, 0) is 55.9 Å². The van der Waals surface area contributed by atoms with Gasteiger partial charge in [-0.3, -0.25) is 5.43 Å². The predicted molar refractivity (Wildman–Crippen MR) is 98.1 cm³/mol. The summed E-state index contributed by atoms with van der Waals surface area (Å²) >= 11 is 1.76. The van der Waals surface area contributed by atoms with Crippen molar-refractivity contribution in [2.24, 2.45) is 5.10 Å². The molecule has 0 amide bonds. The van der Waals surface area contributed by atoms with Gasteiger partial charge in [-0.1, -0.05) is 6.07 Å². The normalized spacial score (nSPS) is 14.2. The summed E-state index contributed by atoms with van der Waals surface area (Å²) in [4.78, 5) is 11.2. The molecule has 0 aliphatic heterocycles. The summed E-state index contributed by atoms with van der Waals surface area (Å²) in [5.74, 6) is 0.962. The maximum absolute atomic E-state index is 9.94. The number of hydrogen-bond acceptors (Lipinski definition) is 6. The summed E-state index contributed by atoms with van der Waals surface area (Å²) in [6.07, 6.45) is 7.87. The van der Waals surface area contributed by atoms with Crippen LogP contribution in [-0.4, -0.2) is 21.3 Å². The largest absolute Gasteiger partial charge is 0.507 e. The van der Waals surface area contributed by atoms with E-state index in [1.807, 2.05) is 19.1 Å². The molecule has 6 heteroatoms. The molecule has 0 spiro atoms. The van der Waals surface area contributed by atoms with E-state index in [0.717, 1.165) is 34.4 Å². The first-order valence-electron chi connectivity index (χ1n) is 8.06. The summed E-state index contributed by atoms with van der Waals surface area (Å²) in [5.41, 5.74) is 6.09. The number of aromatic nitrogens is 2. The van der Waals surface area contributed by atoms with E-state index >= 15 is 0 Å². The minimum Gasteiger partial charge on any atom is -0.507 e. The number of nitrogens with zero attached hydrogens (tertiary/aromatic N) is 3. The molecule has 3 aromatic rings. The lowest BCUT2D eigenvalue weighted by Gasteiger charge is -2.11. The van der Waals surface area contributed by atoms with Crippen molar-refractivity contribution in [1.29, 1.82) is 0 Å². The van der Waals surface area contributed by atoms with Crippen molar-refractivity contribution in [2.45, 2.75) is 32.6 Å². The van der Waals surface area contributed by atoms with E-state index < -0.39 is 0 Å². The zero-order chi connectivity index (χ0) is 16.5. The van der Waals surface area contributed by atoms with Gasteiger partial charge in [-0.25, -0.2) is 9.97 Å². The Morgan fingerprint density at radius 3 is 3.00 bits per heavy atom. The van der Waals surface area contributed by atoms with Gasteiger partial charge in [0, 0.05) is 10.4 Å². The van der Waals surface area contributed by atoms with E-state index in [2.05, 4.69) is 20.5 Å². The van der Waals surface area contributed by atoms with Crippen LogP contribution in [0.2, 0.25) is 0 Å². The molecule has 0 atom stereocenters. The van der Waals surface area contributed by atoms with Gasteiger partial charge in [0.25, 0.3) is 0 Å². The van der Waals surface area contributed by atoms with E-state index in [9.17, 15) is 5.11 Å². The molecule has 0 fully saturated rings. The molecule has 1 aromatic carbocycles. The molecule has 0 saturated carbocycles. The van der Waals surface area contributed by atoms with Crippen molar-refractivity contribution >= 4 is 33.6 Å². The number of nitrogens with one attached hydrogen (secondary N) is 1. The Hall–Kier alpha value is -2.47. The molecule has 1 aliphatic rings. The van der Waals surface area contributed by atoms with Gasteiger partial charge in [0.15, 0.2) is 5.82 Å². The first kappa shape index (κ1) is 15.1. The molecule has 0 saturated heterocycles. The minimum absolute atomic E-state index is 0.223.